The number of phenols is 1. The standard InChI is InChI=1S/C29H41N3O5/c1-5-20(4)27(29(37)30-23(18-33)16-21-9-7-6-8-10-21)32-28(36)25(31-26(35)15-19(2)3)17-22-11-13-24(34)14-12-22/h6-14,19-20,23,25,27,33-34H,5,15-18H2,1-4H3,(H,30,37)(H,31,35)(H,32,36)/t20-,23-,25-,27-/m0/s1. The van der Waals surface area contributed by atoms with Crippen LogP contribution in [0.25, 0.3) is 0 Å². The van der Waals surface area contributed by atoms with Crippen LogP contribution in [-0.2, 0) is 27.2 Å². The number of amides is 3. The lowest BCUT2D eigenvalue weighted by Gasteiger charge is -2.28. The lowest BCUT2D eigenvalue weighted by Crippen LogP contribution is -2.58. The highest BCUT2D eigenvalue weighted by atomic mass is 16.3. The maximum atomic E-state index is 13.4. The summed E-state index contributed by atoms with van der Waals surface area (Å²) in [5.74, 6) is -1.04. The van der Waals surface area contributed by atoms with Crippen LogP contribution >= 0.6 is 0 Å². The van der Waals surface area contributed by atoms with Crippen molar-refractivity contribution < 1.29 is 24.6 Å². The van der Waals surface area contributed by atoms with Crippen LogP contribution in [0.15, 0.2) is 54.6 Å². The second kappa shape index (κ2) is 15.0. The summed E-state index contributed by atoms with van der Waals surface area (Å²) in [6.45, 7) is 7.41. The van der Waals surface area contributed by atoms with Gasteiger partial charge in [0.15, 0.2) is 0 Å². The summed E-state index contributed by atoms with van der Waals surface area (Å²) in [5, 5.41) is 28.0. The van der Waals surface area contributed by atoms with Crippen molar-refractivity contribution in [2.75, 3.05) is 6.61 Å². The first kappa shape index (κ1) is 29.8. The zero-order valence-electron chi connectivity index (χ0n) is 22.2. The summed E-state index contributed by atoms with van der Waals surface area (Å²) in [6, 6.07) is 13.7. The molecule has 0 saturated carbocycles. The normalized spacial score (nSPS) is 14.3. The summed E-state index contributed by atoms with van der Waals surface area (Å²) in [4.78, 5) is 39.2. The van der Waals surface area contributed by atoms with E-state index in [1.165, 1.54) is 12.1 Å². The van der Waals surface area contributed by atoms with Gasteiger partial charge in [-0.05, 0) is 41.5 Å². The molecule has 0 aliphatic carbocycles. The van der Waals surface area contributed by atoms with Gasteiger partial charge in [-0.15, -0.1) is 0 Å². The molecule has 0 radical (unpaired) electrons. The second-order valence-electron chi connectivity index (χ2n) is 10.0. The van der Waals surface area contributed by atoms with E-state index in [-0.39, 0.29) is 48.8 Å². The molecule has 8 heteroatoms. The molecule has 8 nitrogen and oxygen atoms in total. The number of carbonyl (C=O) groups is 3. The van der Waals surface area contributed by atoms with Crippen LogP contribution < -0.4 is 16.0 Å². The number of phenolic OH excluding ortho intramolecular Hbond substituents is 1. The molecule has 4 atom stereocenters. The van der Waals surface area contributed by atoms with Gasteiger partial charge >= 0.3 is 0 Å². The van der Waals surface area contributed by atoms with E-state index in [0.29, 0.717) is 12.8 Å². The molecule has 2 rings (SSSR count). The quantitative estimate of drug-likeness (QED) is 0.267. The Morgan fingerprint density at radius 1 is 0.811 bits per heavy atom. The van der Waals surface area contributed by atoms with Crippen molar-refractivity contribution in [3.63, 3.8) is 0 Å². The van der Waals surface area contributed by atoms with Gasteiger partial charge in [-0.1, -0.05) is 76.6 Å². The minimum Gasteiger partial charge on any atom is -0.508 e. The molecule has 0 aromatic heterocycles. The van der Waals surface area contributed by atoms with Crippen LogP contribution in [0.2, 0.25) is 0 Å². The highest BCUT2D eigenvalue weighted by Crippen LogP contribution is 2.14. The highest BCUT2D eigenvalue weighted by molar-refractivity contribution is 5.92. The molecule has 2 aromatic rings. The van der Waals surface area contributed by atoms with Crippen LogP contribution in [0.1, 0.15) is 51.7 Å². The van der Waals surface area contributed by atoms with Gasteiger partial charge in [-0.3, -0.25) is 14.4 Å². The van der Waals surface area contributed by atoms with Gasteiger partial charge in [0.2, 0.25) is 17.7 Å². The fraction of sp³-hybridized carbons (Fsp3) is 0.483. The van der Waals surface area contributed by atoms with Crippen LogP contribution in [0.4, 0.5) is 0 Å². The van der Waals surface area contributed by atoms with Crippen molar-refractivity contribution in [2.45, 2.75) is 71.5 Å². The van der Waals surface area contributed by atoms with E-state index in [2.05, 4.69) is 16.0 Å². The molecule has 0 heterocycles. The number of aromatic hydroxyl groups is 1. The zero-order chi connectivity index (χ0) is 27.4. The molecule has 0 unspecified atom stereocenters. The van der Waals surface area contributed by atoms with Crippen LogP contribution in [-0.4, -0.2) is 52.7 Å². The molecule has 202 valence electrons. The Balaban J connectivity index is 2.18. The first-order valence-electron chi connectivity index (χ1n) is 13.0. The van der Waals surface area contributed by atoms with Gasteiger partial charge < -0.3 is 26.2 Å². The van der Waals surface area contributed by atoms with Crippen molar-refractivity contribution >= 4 is 17.7 Å². The van der Waals surface area contributed by atoms with E-state index in [0.717, 1.165) is 11.1 Å². The van der Waals surface area contributed by atoms with Crippen LogP contribution in [0.5, 0.6) is 5.75 Å². The van der Waals surface area contributed by atoms with Gasteiger partial charge in [0.1, 0.15) is 17.8 Å². The first-order valence-corrected chi connectivity index (χ1v) is 13.0. The van der Waals surface area contributed by atoms with Crippen LogP contribution in [0, 0.1) is 11.8 Å². The second-order valence-corrected chi connectivity index (χ2v) is 10.0. The average molecular weight is 512 g/mol. The maximum Gasteiger partial charge on any atom is 0.243 e. The molecule has 3 amide bonds. The summed E-state index contributed by atoms with van der Waals surface area (Å²) in [5.41, 5.74) is 1.74. The van der Waals surface area contributed by atoms with Crippen LogP contribution in [0.3, 0.4) is 0 Å². The van der Waals surface area contributed by atoms with E-state index >= 15 is 0 Å². The summed E-state index contributed by atoms with van der Waals surface area (Å²) in [7, 11) is 0. The minimum absolute atomic E-state index is 0.107. The van der Waals surface area contributed by atoms with E-state index < -0.39 is 24.0 Å². The fourth-order valence-electron chi connectivity index (χ4n) is 4.01. The molecule has 0 fully saturated rings. The third-order valence-electron chi connectivity index (χ3n) is 6.31. The van der Waals surface area contributed by atoms with Gasteiger partial charge in [-0.2, -0.15) is 0 Å². The van der Waals surface area contributed by atoms with Crippen molar-refractivity contribution in [3.05, 3.63) is 65.7 Å². The number of hydrogen-bond donors (Lipinski definition) is 5. The Kier molecular flexibility index (Phi) is 12.1. The van der Waals surface area contributed by atoms with Crippen molar-refractivity contribution in [1.29, 1.82) is 0 Å². The molecule has 0 bridgehead atoms. The van der Waals surface area contributed by atoms with E-state index in [4.69, 9.17) is 0 Å². The summed E-state index contributed by atoms with van der Waals surface area (Å²) < 4.78 is 0. The minimum atomic E-state index is -0.895. The molecular weight excluding hydrogens is 470 g/mol. The first-order chi connectivity index (χ1) is 17.6. The molecule has 0 aliphatic heterocycles. The predicted octanol–water partition coefficient (Wildman–Crippen LogP) is 2.72. The Morgan fingerprint density at radius 2 is 1.43 bits per heavy atom. The fourth-order valence-corrected chi connectivity index (χ4v) is 4.01. The number of aliphatic hydroxyl groups excluding tert-OH is 1. The maximum absolute atomic E-state index is 13.4. The third kappa shape index (κ3) is 10.2. The van der Waals surface area contributed by atoms with Gasteiger partial charge in [-0.25, -0.2) is 0 Å². The third-order valence-corrected chi connectivity index (χ3v) is 6.31. The number of rotatable bonds is 14. The monoisotopic (exact) mass is 511 g/mol. The zero-order valence-corrected chi connectivity index (χ0v) is 22.2. The van der Waals surface area contributed by atoms with Crippen molar-refractivity contribution in [3.8, 4) is 5.75 Å². The molecule has 0 saturated heterocycles. The average Bonchev–Trinajstić information content (AvgIpc) is 2.87. The van der Waals surface area contributed by atoms with E-state index in [9.17, 15) is 24.6 Å². The van der Waals surface area contributed by atoms with Gasteiger partial charge in [0.25, 0.3) is 0 Å². The summed E-state index contributed by atoms with van der Waals surface area (Å²) in [6.07, 6.45) is 1.58. The molecule has 0 aliphatic rings. The largest absolute Gasteiger partial charge is 0.508 e. The van der Waals surface area contributed by atoms with Crippen molar-refractivity contribution in [2.24, 2.45) is 11.8 Å². The molecule has 5 N–H and O–H groups in total. The number of hydrogen-bond acceptors (Lipinski definition) is 5. The lowest BCUT2D eigenvalue weighted by atomic mass is 9.96. The molecule has 37 heavy (non-hydrogen) atoms. The van der Waals surface area contributed by atoms with E-state index in [1.54, 1.807) is 12.1 Å². The topological polar surface area (TPSA) is 128 Å². The number of aliphatic hydroxyl groups is 1. The predicted molar refractivity (Wildman–Crippen MR) is 144 cm³/mol. The highest BCUT2D eigenvalue weighted by Gasteiger charge is 2.31. The van der Waals surface area contributed by atoms with Crippen molar-refractivity contribution in [1.82, 2.24) is 16.0 Å². The molecular formula is C29H41N3O5. The Hall–Kier alpha value is -3.39. The van der Waals surface area contributed by atoms with E-state index in [1.807, 2.05) is 58.0 Å². The lowest BCUT2D eigenvalue weighted by molar-refractivity contribution is -0.133. The summed E-state index contributed by atoms with van der Waals surface area (Å²) >= 11 is 0. The Labute approximate surface area is 219 Å². The smallest absolute Gasteiger partial charge is 0.243 e. The number of nitrogens with one attached hydrogen (secondary N) is 3. The van der Waals surface area contributed by atoms with Gasteiger partial charge in [0, 0.05) is 12.8 Å². The Bertz CT molecular complexity index is 994. The number of carbonyl (C=O) groups excluding carboxylic acids is 3. The van der Waals surface area contributed by atoms with Gasteiger partial charge in [0.05, 0.1) is 12.6 Å². The number of benzene rings is 2. The SMILES string of the molecule is CC[C@H](C)[C@H](NC(=O)[C@H](Cc1ccc(O)cc1)NC(=O)CC(C)C)C(=O)N[C@H](CO)Cc1ccccc1. The molecule has 0 spiro atoms. The molecule has 2 aromatic carbocycles. The Morgan fingerprint density at radius 3 is 2.00 bits per heavy atom.